The minimum atomic E-state index is -0.446. The average Bonchev–Trinajstić information content (AvgIpc) is 2.51. The molecule has 0 N–H and O–H groups in total. The van der Waals surface area contributed by atoms with Gasteiger partial charge in [0.1, 0.15) is 0 Å². The fraction of sp³-hybridized carbons (Fsp3) is 0. The summed E-state index contributed by atoms with van der Waals surface area (Å²) in [6.45, 7) is 0. The normalized spacial score (nSPS) is 10.1. The van der Waals surface area contributed by atoms with Crippen LogP contribution >= 0.6 is 7.92 Å². The van der Waals surface area contributed by atoms with Gasteiger partial charge in [-0.3, -0.25) is 0 Å². The van der Waals surface area contributed by atoms with Gasteiger partial charge in [-0.1, -0.05) is 91.0 Å². The molecule has 0 radical (unpaired) electrons. The van der Waals surface area contributed by atoms with Gasteiger partial charge >= 0.3 is 18.9 Å². The molecule has 0 saturated carbocycles. The predicted molar refractivity (Wildman–Crippen MR) is 92.3 cm³/mol. The van der Waals surface area contributed by atoms with Crippen LogP contribution in [0.1, 0.15) is 0 Å². The summed E-state index contributed by atoms with van der Waals surface area (Å²) in [7, 11) is -0.446. The fourth-order valence-corrected chi connectivity index (χ4v) is 4.48. The Morgan fingerprint density at radius 1 is 0.400 bits per heavy atom. The van der Waals surface area contributed by atoms with E-state index in [0.717, 1.165) is 0 Å². The Hall–Kier alpha value is -1.31. The van der Waals surface area contributed by atoms with Crippen LogP contribution in [0.4, 0.5) is 0 Å². The van der Waals surface area contributed by atoms with Gasteiger partial charge in [0.25, 0.3) is 0 Å². The molecule has 0 aliphatic carbocycles. The topological polar surface area (TPSA) is 0 Å². The summed E-state index contributed by atoms with van der Waals surface area (Å²) >= 11 is 0. The standard InChI is InChI=1S/C18H15P.Li.H/c1-4-10-16(11-5-1)19(17-12-6-2-7-13-17)18-14-8-3-9-15-18;;/h1-15H;;. The van der Waals surface area contributed by atoms with Crippen molar-refractivity contribution in [3.05, 3.63) is 91.0 Å². The molecular formula is C18H16LiP. The molecule has 0 bridgehead atoms. The van der Waals surface area contributed by atoms with Crippen LogP contribution in [0, 0.1) is 0 Å². The van der Waals surface area contributed by atoms with Crippen molar-refractivity contribution in [1.29, 1.82) is 0 Å². The molecule has 3 rings (SSSR count). The molecule has 0 fully saturated rings. The second-order valence-electron chi connectivity index (χ2n) is 4.34. The molecular weight excluding hydrogens is 254 g/mol. The Labute approximate surface area is 133 Å². The first kappa shape index (κ1) is 15.1. The molecule has 20 heavy (non-hydrogen) atoms. The number of rotatable bonds is 3. The van der Waals surface area contributed by atoms with Crippen LogP contribution < -0.4 is 15.9 Å². The van der Waals surface area contributed by atoms with E-state index in [9.17, 15) is 0 Å². The molecule has 0 amide bonds. The van der Waals surface area contributed by atoms with Crippen molar-refractivity contribution < 1.29 is 0 Å². The Kier molecular flexibility index (Phi) is 5.63. The summed E-state index contributed by atoms with van der Waals surface area (Å²) in [5, 5.41) is 4.19. The van der Waals surface area contributed by atoms with Crippen molar-refractivity contribution in [3.8, 4) is 0 Å². The van der Waals surface area contributed by atoms with E-state index in [4.69, 9.17) is 0 Å². The summed E-state index contributed by atoms with van der Waals surface area (Å²) in [4.78, 5) is 0. The van der Waals surface area contributed by atoms with Gasteiger partial charge in [-0.05, 0) is 23.8 Å². The van der Waals surface area contributed by atoms with Gasteiger partial charge in [0.15, 0.2) is 0 Å². The Morgan fingerprint density at radius 2 is 0.650 bits per heavy atom. The molecule has 2 heteroatoms. The SMILES string of the molecule is [LiH].c1ccc(P(c2ccccc2)c2ccccc2)cc1. The Morgan fingerprint density at radius 3 is 0.900 bits per heavy atom. The largest absolute Gasteiger partial charge is 0.0622 e. The van der Waals surface area contributed by atoms with Gasteiger partial charge in [0, 0.05) is 0 Å². The van der Waals surface area contributed by atoms with E-state index >= 15 is 0 Å². The van der Waals surface area contributed by atoms with Crippen LogP contribution in [0.5, 0.6) is 0 Å². The number of hydrogen-bond acceptors (Lipinski definition) is 0. The van der Waals surface area contributed by atoms with Crippen LogP contribution in [0.25, 0.3) is 0 Å². The molecule has 3 aromatic rings. The Balaban J connectivity index is 0.00000147. The van der Waals surface area contributed by atoms with Crippen LogP contribution in [0.3, 0.4) is 0 Å². The van der Waals surface area contributed by atoms with Crippen molar-refractivity contribution in [3.63, 3.8) is 0 Å². The molecule has 0 unspecified atom stereocenters. The zero-order valence-electron chi connectivity index (χ0n) is 10.6. The van der Waals surface area contributed by atoms with Crippen LogP contribution in [0.15, 0.2) is 91.0 Å². The first-order valence-electron chi connectivity index (χ1n) is 6.40. The average molecular weight is 270 g/mol. The van der Waals surface area contributed by atoms with Crippen molar-refractivity contribution >= 4 is 42.7 Å². The summed E-state index contributed by atoms with van der Waals surface area (Å²) < 4.78 is 0. The van der Waals surface area contributed by atoms with Crippen molar-refractivity contribution in [1.82, 2.24) is 0 Å². The quantitative estimate of drug-likeness (QED) is 0.507. The molecule has 0 heterocycles. The molecule has 0 aromatic heterocycles. The third kappa shape index (κ3) is 3.41. The van der Waals surface area contributed by atoms with E-state index in [1.807, 2.05) is 0 Å². The number of benzene rings is 3. The molecule has 0 aliphatic rings. The predicted octanol–water partition coefficient (Wildman–Crippen LogP) is 2.80. The third-order valence-electron chi connectivity index (χ3n) is 3.04. The van der Waals surface area contributed by atoms with Crippen LogP contribution in [-0.4, -0.2) is 18.9 Å². The van der Waals surface area contributed by atoms with E-state index in [1.165, 1.54) is 15.9 Å². The van der Waals surface area contributed by atoms with Crippen LogP contribution in [0.2, 0.25) is 0 Å². The van der Waals surface area contributed by atoms with Gasteiger partial charge in [0.05, 0.1) is 0 Å². The maximum atomic E-state index is 2.23. The summed E-state index contributed by atoms with van der Waals surface area (Å²) in [5.74, 6) is 0. The van der Waals surface area contributed by atoms with E-state index in [-0.39, 0.29) is 18.9 Å². The van der Waals surface area contributed by atoms with Gasteiger partial charge < -0.3 is 0 Å². The molecule has 0 nitrogen and oxygen atoms in total. The summed E-state index contributed by atoms with van der Waals surface area (Å²) in [6, 6.07) is 32.3. The van der Waals surface area contributed by atoms with E-state index in [2.05, 4.69) is 91.0 Å². The molecule has 0 spiro atoms. The minimum Gasteiger partial charge on any atom is -0.0622 e. The fourth-order valence-electron chi connectivity index (χ4n) is 2.18. The molecule has 3 aromatic carbocycles. The van der Waals surface area contributed by atoms with Gasteiger partial charge in [0.2, 0.25) is 0 Å². The Bertz CT molecular complexity index is 529. The maximum absolute atomic E-state index is 2.23. The second kappa shape index (κ2) is 7.46. The first-order chi connectivity index (χ1) is 9.45. The van der Waals surface area contributed by atoms with Crippen LogP contribution in [-0.2, 0) is 0 Å². The summed E-state index contributed by atoms with van der Waals surface area (Å²) in [5.41, 5.74) is 0. The van der Waals surface area contributed by atoms with Gasteiger partial charge in [-0.25, -0.2) is 0 Å². The van der Waals surface area contributed by atoms with Crippen molar-refractivity contribution in [2.45, 2.75) is 0 Å². The number of hydrogen-bond donors (Lipinski definition) is 0. The van der Waals surface area contributed by atoms with Gasteiger partial charge in [-0.2, -0.15) is 0 Å². The molecule has 0 saturated heterocycles. The third-order valence-corrected chi connectivity index (χ3v) is 5.49. The van der Waals surface area contributed by atoms with Crippen molar-refractivity contribution in [2.24, 2.45) is 0 Å². The smallest absolute Gasteiger partial charge is 0.0134 e. The van der Waals surface area contributed by atoms with Gasteiger partial charge in [-0.15, -0.1) is 0 Å². The molecule has 94 valence electrons. The maximum Gasteiger partial charge on any atom is -0.0134 e. The van der Waals surface area contributed by atoms with Crippen molar-refractivity contribution in [2.75, 3.05) is 0 Å². The second-order valence-corrected chi connectivity index (χ2v) is 6.56. The zero-order valence-corrected chi connectivity index (χ0v) is 11.5. The molecule has 0 atom stereocenters. The zero-order chi connectivity index (χ0) is 12.9. The molecule has 0 aliphatic heterocycles. The monoisotopic (exact) mass is 270 g/mol. The van der Waals surface area contributed by atoms with E-state index < -0.39 is 7.92 Å². The first-order valence-corrected chi connectivity index (χ1v) is 7.74. The summed E-state index contributed by atoms with van der Waals surface area (Å²) in [6.07, 6.45) is 0. The minimum absolute atomic E-state index is 0. The van der Waals surface area contributed by atoms with E-state index in [1.54, 1.807) is 0 Å². The van der Waals surface area contributed by atoms with E-state index in [0.29, 0.717) is 0 Å².